The predicted octanol–water partition coefficient (Wildman–Crippen LogP) is 4.66. The maximum Gasteiger partial charge on any atom is 0.108 e. The Morgan fingerprint density at radius 3 is 2.71 bits per heavy atom. The van der Waals surface area contributed by atoms with Crippen molar-refractivity contribution in [1.82, 2.24) is 4.90 Å². The van der Waals surface area contributed by atoms with E-state index in [1.54, 1.807) is 6.08 Å². The summed E-state index contributed by atoms with van der Waals surface area (Å²) < 4.78 is 0. The largest absolute Gasteiger partial charge is 0.349 e. The van der Waals surface area contributed by atoms with Gasteiger partial charge in [0, 0.05) is 18.7 Å². The number of allylic oxidation sites excluding steroid dienone is 5. The predicted molar refractivity (Wildman–Crippen MR) is 91.2 cm³/mol. The first-order valence-corrected chi connectivity index (χ1v) is 7.22. The van der Waals surface area contributed by atoms with Crippen molar-refractivity contribution in [2.45, 2.75) is 19.4 Å². The van der Waals surface area contributed by atoms with Gasteiger partial charge in [-0.1, -0.05) is 61.2 Å². The van der Waals surface area contributed by atoms with Crippen molar-refractivity contribution in [1.29, 1.82) is 0 Å². The molecule has 1 aromatic carbocycles. The Bertz CT molecular complexity index is 579. The number of amidine groups is 1. The Morgan fingerprint density at radius 2 is 2.05 bits per heavy atom. The number of benzene rings is 1. The number of likely N-dealkylation sites (tertiary alicyclic amines) is 1. The normalized spacial score (nSPS) is 20.6. The van der Waals surface area contributed by atoms with Gasteiger partial charge in [0.05, 0.1) is 6.04 Å². The van der Waals surface area contributed by atoms with Gasteiger partial charge in [0.2, 0.25) is 0 Å². The number of hydrogen-bond acceptors (Lipinski definition) is 1. The number of aliphatic imine (C=N–C) groups is 1. The SMILES string of the molecule is C=C/C=C\C=C(/C)N=C1CC(c2ccccc2)N1CC=C. The molecule has 1 heterocycles. The van der Waals surface area contributed by atoms with Crippen LogP contribution in [0.5, 0.6) is 0 Å². The second-order valence-electron chi connectivity index (χ2n) is 5.03. The van der Waals surface area contributed by atoms with Crippen molar-refractivity contribution < 1.29 is 0 Å². The Morgan fingerprint density at radius 1 is 1.29 bits per heavy atom. The second-order valence-corrected chi connectivity index (χ2v) is 5.03. The molecule has 0 N–H and O–H groups in total. The standard InChI is InChI=1S/C19H22N2/c1-4-6-8-11-16(3)20-19-15-18(21(19)14-5-2)17-12-9-7-10-13-17/h4-13,18H,1-2,14-15H2,3H3/b8-6-,16-11+,20-19?. The van der Waals surface area contributed by atoms with E-state index in [2.05, 4.69) is 42.3 Å². The fourth-order valence-corrected chi connectivity index (χ4v) is 2.44. The molecule has 1 aliphatic heterocycles. The molecule has 1 unspecified atom stereocenters. The van der Waals surface area contributed by atoms with Gasteiger partial charge in [-0.2, -0.15) is 0 Å². The van der Waals surface area contributed by atoms with E-state index in [-0.39, 0.29) is 0 Å². The van der Waals surface area contributed by atoms with Gasteiger partial charge in [0.1, 0.15) is 5.84 Å². The minimum absolute atomic E-state index is 0.416. The minimum atomic E-state index is 0.416. The van der Waals surface area contributed by atoms with E-state index in [0.29, 0.717) is 6.04 Å². The molecule has 1 atom stereocenters. The van der Waals surface area contributed by atoms with Crippen LogP contribution in [0.1, 0.15) is 24.9 Å². The highest BCUT2D eigenvalue weighted by molar-refractivity contribution is 5.90. The topological polar surface area (TPSA) is 15.6 Å². The summed E-state index contributed by atoms with van der Waals surface area (Å²) in [7, 11) is 0. The van der Waals surface area contributed by atoms with Gasteiger partial charge < -0.3 is 4.90 Å². The van der Waals surface area contributed by atoms with E-state index in [0.717, 1.165) is 24.5 Å². The third-order valence-electron chi connectivity index (χ3n) is 3.48. The summed E-state index contributed by atoms with van der Waals surface area (Å²) in [5.41, 5.74) is 2.34. The monoisotopic (exact) mass is 278 g/mol. The fourth-order valence-electron chi connectivity index (χ4n) is 2.44. The Balaban J connectivity index is 2.12. The van der Waals surface area contributed by atoms with Gasteiger partial charge in [-0.15, -0.1) is 6.58 Å². The Hall–Kier alpha value is -2.35. The van der Waals surface area contributed by atoms with Crippen molar-refractivity contribution in [2.75, 3.05) is 6.54 Å². The molecule has 0 amide bonds. The molecule has 1 fully saturated rings. The quantitative estimate of drug-likeness (QED) is 0.545. The summed E-state index contributed by atoms with van der Waals surface area (Å²) in [6.07, 6.45) is 10.5. The lowest BCUT2D eigenvalue weighted by Crippen LogP contribution is -2.46. The summed E-state index contributed by atoms with van der Waals surface area (Å²) in [4.78, 5) is 7.00. The van der Waals surface area contributed by atoms with Crippen LogP contribution in [0.4, 0.5) is 0 Å². The molecule has 2 rings (SSSR count). The first-order valence-electron chi connectivity index (χ1n) is 7.22. The maximum atomic E-state index is 4.70. The highest BCUT2D eigenvalue weighted by Crippen LogP contribution is 2.35. The van der Waals surface area contributed by atoms with E-state index in [4.69, 9.17) is 4.99 Å². The maximum absolute atomic E-state index is 4.70. The van der Waals surface area contributed by atoms with Crippen molar-refractivity contribution in [3.8, 4) is 0 Å². The van der Waals surface area contributed by atoms with Crippen LogP contribution in [-0.2, 0) is 0 Å². The molecule has 2 nitrogen and oxygen atoms in total. The first kappa shape index (κ1) is 15.0. The van der Waals surface area contributed by atoms with E-state index in [9.17, 15) is 0 Å². The average molecular weight is 278 g/mol. The van der Waals surface area contributed by atoms with Crippen molar-refractivity contribution in [2.24, 2.45) is 4.99 Å². The molecule has 0 saturated carbocycles. The lowest BCUT2D eigenvalue weighted by molar-refractivity contribution is 0.274. The highest BCUT2D eigenvalue weighted by atomic mass is 15.3. The van der Waals surface area contributed by atoms with Gasteiger partial charge in [-0.25, -0.2) is 4.99 Å². The zero-order chi connectivity index (χ0) is 15.1. The molecule has 2 heteroatoms. The molecule has 1 aliphatic rings. The molecular weight excluding hydrogens is 256 g/mol. The number of hydrogen-bond donors (Lipinski definition) is 0. The molecule has 1 saturated heterocycles. The van der Waals surface area contributed by atoms with Crippen LogP contribution >= 0.6 is 0 Å². The first-order chi connectivity index (χ1) is 10.3. The Labute approximate surface area is 127 Å². The molecule has 1 aromatic rings. The second kappa shape index (κ2) is 7.44. The fraction of sp³-hybridized carbons (Fsp3) is 0.211. The summed E-state index contributed by atoms with van der Waals surface area (Å²) in [5.74, 6) is 1.13. The van der Waals surface area contributed by atoms with Gasteiger partial charge in [-0.3, -0.25) is 0 Å². The third kappa shape index (κ3) is 3.82. The van der Waals surface area contributed by atoms with Crippen LogP contribution in [0, 0.1) is 0 Å². The van der Waals surface area contributed by atoms with Crippen LogP contribution in [-0.4, -0.2) is 17.3 Å². The van der Waals surface area contributed by atoms with Gasteiger partial charge in [-0.05, 0) is 18.6 Å². The smallest absolute Gasteiger partial charge is 0.108 e. The lowest BCUT2D eigenvalue weighted by atomic mass is 9.93. The summed E-state index contributed by atoms with van der Waals surface area (Å²) in [6, 6.07) is 11.0. The van der Waals surface area contributed by atoms with Gasteiger partial charge >= 0.3 is 0 Å². The number of rotatable bonds is 6. The van der Waals surface area contributed by atoms with Crippen LogP contribution < -0.4 is 0 Å². The molecule has 21 heavy (non-hydrogen) atoms. The summed E-state index contributed by atoms with van der Waals surface area (Å²) >= 11 is 0. The molecule has 0 aliphatic carbocycles. The van der Waals surface area contributed by atoms with Crippen molar-refractivity contribution in [3.63, 3.8) is 0 Å². The van der Waals surface area contributed by atoms with Gasteiger partial charge in [0.15, 0.2) is 0 Å². The zero-order valence-electron chi connectivity index (χ0n) is 12.6. The van der Waals surface area contributed by atoms with Crippen molar-refractivity contribution in [3.05, 3.63) is 85.1 Å². The van der Waals surface area contributed by atoms with E-state index < -0.39 is 0 Å². The summed E-state index contributed by atoms with van der Waals surface area (Å²) in [5, 5.41) is 0. The van der Waals surface area contributed by atoms with Crippen LogP contribution in [0.2, 0.25) is 0 Å². The Kier molecular flexibility index (Phi) is 5.33. The van der Waals surface area contributed by atoms with Crippen LogP contribution in [0.3, 0.4) is 0 Å². The van der Waals surface area contributed by atoms with Gasteiger partial charge in [0.25, 0.3) is 0 Å². The highest BCUT2D eigenvalue weighted by Gasteiger charge is 2.34. The van der Waals surface area contributed by atoms with E-state index >= 15 is 0 Å². The molecule has 0 bridgehead atoms. The number of nitrogens with zero attached hydrogens (tertiary/aromatic N) is 2. The third-order valence-corrected chi connectivity index (χ3v) is 3.48. The molecule has 108 valence electrons. The lowest BCUT2D eigenvalue weighted by Gasteiger charge is -2.43. The van der Waals surface area contributed by atoms with Crippen LogP contribution in [0.15, 0.2) is 84.6 Å². The minimum Gasteiger partial charge on any atom is -0.349 e. The van der Waals surface area contributed by atoms with Crippen molar-refractivity contribution >= 4 is 5.84 Å². The average Bonchev–Trinajstić information content (AvgIpc) is 2.50. The van der Waals surface area contributed by atoms with E-state index in [1.165, 1.54) is 5.56 Å². The molecule has 0 radical (unpaired) electrons. The molecule has 0 spiro atoms. The van der Waals surface area contributed by atoms with E-state index in [1.807, 2.05) is 37.3 Å². The zero-order valence-corrected chi connectivity index (χ0v) is 12.6. The molecule has 0 aromatic heterocycles. The van der Waals surface area contributed by atoms with Crippen LogP contribution in [0.25, 0.3) is 0 Å². The summed E-state index contributed by atoms with van der Waals surface area (Å²) in [6.45, 7) is 10.3. The molecular formula is C19H22N2.